The molecular weight excluding hydrogens is 312 g/mol. The molecule has 0 atom stereocenters. The van der Waals surface area contributed by atoms with Gasteiger partial charge in [0.2, 0.25) is 0 Å². The molecule has 0 unspecified atom stereocenters. The van der Waals surface area contributed by atoms with Gasteiger partial charge in [-0.2, -0.15) is 0 Å². The van der Waals surface area contributed by atoms with Gasteiger partial charge < -0.3 is 15.5 Å². The molecule has 1 amide bonds. The molecule has 130 valence electrons. The lowest BCUT2D eigenvalue weighted by Gasteiger charge is -2.28. The molecule has 2 aromatic rings. The second-order valence-corrected chi connectivity index (χ2v) is 6.90. The van der Waals surface area contributed by atoms with Crippen molar-refractivity contribution in [2.45, 2.75) is 38.1 Å². The number of nitrogens with zero attached hydrogens (tertiary/aromatic N) is 2. The fraction of sp³-hybridized carbons (Fsp3) is 0.400. The van der Waals surface area contributed by atoms with Gasteiger partial charge in [0.25, 0.3) is 5.91 Å². The molecule has 1 aromatic heterocycles. The van der Waals surface area contributed by atoms with E-state index < -0.39 is 0 Å². The third-order valence-electron chi connectivity index (χ3n) is 4.79. The molecule has 1 aliphatic carbocycles. The first-order valence-electron chi connectivity index (χ1n) is 9.17. The molecule has 0 radical (unpaired) electrons. The van der Waals surface area contributed by atoms with Crippen LogP contribution in [-0.4, -0.2) is 30.0 Å². The molecule has 5 nitrogen and oxygen atoms in total. The summed E-state index contributed by atoms with van der Waals surface area (Å²) in [5, 5.41) is 6.29. The average molecular weight is 336 g/mol. The predicted molar refractivity (Wildman–Crippen MR) is 101 cm³/mol. The molecule has 2 heterocycles. The van der Waals surface area contributed by atoms with Crippen molar-refractivity contribution in [1.29, 1.82) is 0 Å². The molecule has 4 rings (SSSR count). The van der Waals surface area contributed by atoms with Crippen LogP contribution in [0.15, 0.2) is 42.6 Å². The maximum Gasteiger partial charge on any atom is 0.274 e. The number of benzene rings is 1. The molecule has 5 heteroatoms. The van der Waals surface area contributed by atoms with Crippen molar-refractivity contribution in [2.75, 3.05) is 28.6 Å². The van der Waals surface area contributed by atoms with E-state index in [4.69, 9.17) is 0 Å². The molecule has 1 aliphatic heterocycles. The molecule has 2 fully saturated rings. The summed E-state index contributed by atoms with van der Waals surface area (Å²) in [5.74, 6) is -0.177. The quantitative estimate of drug-likeness (QED) is 0.869. The number of aromatic nitrogens is 1. The molecule has 1 aromatic carbocycles. The number of anilines is 3. The Bertz CT molecular complexity index is 716. The maximum absolute atomic E-state index is 12.3. The van der Waals surface area contributed by atoms with Crippen molar-refractivity contribution in [1.82, 2.24) is 4.98 Å². The van der Waals surface area contributed by atoms with Gasteiger partial charge in [-0.05, 0) is 68.5 Å². The lowest BCUT2D eigenvalue weighted by atomic mass is 10.1. The highest BCUT2D eigenvalue weighted by Gasteiger charge is 2.21. The van der Waals surface area contributed by atoms with Crippen LogP contribution in [-0.2, 0) is 0 Å². The molecule has 2 N–H and O–H groups in total. The topological polar surface area (TPSA) is 57.3 Å². The Hall–Kier alpha value is -2.56. The number of carbonyl (C=O) groups excluding carboxylic acids is 1. The van der Waals surface area contributed by atoms with Crippen molar-refractivity contribution in [3.05, 3.63) is 48.3 Å². The van der Waals surface area contributed by atoms with Crippen LogP contribution in [0.25, 0.3) is 0 Å². The Kier molecular flexibility index (Phi) is 4.55. The van der Waals surface area contributed by atoms with Crippen LogP contribution in [0.1, 0.15) is 42.6 Å². The second kappa shape index (κ2) is 7.13. The van der Waals surface area contributed by atoms with Crippen molar-refractivity contribution >= 4 is 23.0 Å². The summed E-state index contributed by atoms with van der Waals surface area (Å²) in [5.41, 5.74) is 3.44. The van der Waals surface area contributed by atoms with Gasteiger partial charge in [-0.3, -0.25) is 4.79 Å². The summed E-state index contributed by atoms with van der Waals surface area (Å²) in [4.78, 5) is 19.0. The highest BCUT2D eigenvalue weighted by molar-refractivity contribution is 6.03. The van der Waals surface area contributed by atoms with Gasteiger partial charge in [0.1, 0.15) is 5.69 Å². The van der Waals surface area contributed by atoms with E-state index >= 15 is 0 Å². The van der Waals surface area contributed by atoms with Crippen molar-refractivity contribution in [3.8, 4) is 0 Å². The fourth-order valence-corrected chi connectivity index (χ4v) is 3.18. The highest BCUT2D eigenvalue weighted by Crippen LogP contribution is 2.24. The number of piperidine rings is 1. The number of hydrogen-bond acceptors (Lipinski definition) is 4. The minimum absolute atomic E-state index is 0.177. The zero-order chi connectivity index (χ0) is 17.1. The van der Waals surface area contributed by atoms with Gasteiger partial charge in [0, 0.05) is 30.5 Å². The highest BCUT2D eigenvalue weighted by atomic mass is 16.1. The maximum atomic E-state index is 12.3. The summed E-state index contributed by atoms with van der Waals surface area (Å²) in [6, 6.07) is 12.4. The number of amides is 1. The van der Waals surface area contributed by atoms with Crippen LogP contribution >= 0.6 is 0 Å². The van der Waals surface area contributed by atoms with Gasteiger partial charge >= 0.3 is 0 Å². The third-order valence-corrected chi connectivity index (χ3v) is 4.79. The zero-order valence-corrected chi connectivity index (χ0v) is 14.4. The van der Waals surface area contributed by atoms with Crippen LogP contribution in [0.4, 0.5) is 17.1 Å². The minimum atomic E-state index is -0.177. The van der Waals surface area contributed by atoms with Crippen LogP contribution in [0.2, 0.25) is 0 Å². The van der Waals surface area contributed by atoms with E-state index in [9.17, 15) is 4.79 Å². The Morgan fingerprint density at radius 3 is 2.32 bits per heavy atom. The van der Waals surface area contributed by atoms with E-state index in [0.717, 1.165) is 24.5 Å². The minimum Gasteiger partial charge on any atom is -0.381 e. The van der Waals surface area contributed by atoms with E-state index in [-0.39, 0.29) is 5.91 Å². The Balaban J connectivity index is 1.36. The van der Waals surface area contributed by atoms with Gasteiger partial charge in [-0.25, -0.2) is 4.98 Å². The van der Waals surface area contributed by atoms with Gasteiger partial charge in [-0.15, -0.1) is 0 Å². The third kappa shape index (κ3) is 4.10. The summed E-state index contributed by atoms with van der Waals surface area (Å²) in [6.07, 6.45) is 8.01. The number of nitrogens with one attached hydrogen (secondary N) is 2. The van der Waals surface area contributed by atoms with Crippen LogP contribution in [0.5, 0.6) is 0 Å². The van der Waals surface area contributed by atoms with Crippen LogP contribution < -0.4 is 15.5 Å². The SMILES string of the molecule is O=C(Nc1ccc(N2CCCCC2)cc1)c1ccc(NC2CC2)cn1. The van der Waals surface area contributed by atoms with Crippen molar-refractivity contribution in [3.63, 3.8) is 0 Å². The van der Waals surface area contributed by atoms with Gasteiger partial charge in [-0.1, -0.05) is 0 Å². The second-order valence-electron chi connectivity index (χ2n) is 6.90. The Morgan fingerprint density at radius 2 is 1.68 bits per heavy atom. The molecule has 25 heavy (non-hydrogen) atoms. The summed E-state index contributed by atoms with van der Waals surface area (Å²) in [7, 11) is 0. The van der Waals surface area contributed by atoms with E-state index in [1.807, 2.05) is 18.2 Å². The van der Waals surface area contributed by atoms with E-state index in [0.29, 0.717) is 11.7 Å². The monoisotopic (exact) mass is 336 g/mol. The van der Waals surface area contributed by atoms with Crippen LogP contribution in [0.3, 0.4) is 0 Å². The fourth-order valence-electron chi connectivity index (χ4n) is 3.18. The summed E-state index contributed by atoms with van der Waals surface area (Å²) >= 11 is 0. The summed E-state index contributed by atoms with van der Waals surface area (Å²) in [6.45, 7) is 2.24. The zero-order valence-electron chi connectivity index (χ0n) is 14.4. The smallest absolute Gasteiger partial charge is 0.274 e. The Morgan fingerprint density at radius 1 is 0.960 bits per heavy atom. The number of rotatable bonds is 5. The normalized spacial score (nSPS) is 17.2. The van der Waals surface area contributed by atoms with Crippen LogP contribution in [0, 0.1) is 0 Å². The van der Waals surface area contributed by atoms with E-state index in [2.05, 4.69) is 32.7 Å². The van der Waals surface area contributed by atoms with Gasteiger partial charge in [0.15, 0.2) is 0 Å². The van der Waals surface area contributed by atoms with Crippen molar-refractivity contribution < 1.29 is 4.79 Å². The molecule has 1 saturated heterocycles. The van der Waals surface area contributed by atoms with E-state index in [1.165, 1.54) is 37.8 Å². The summed E-state index contributed by atoms with van der Waals surface area (Å²) < 4.78 is 0. The van der Waals surface area contributed by atoms with Crippen molar-refractivity contribution in [2.24, 2.45) is 0 Å². The first-order valence-corrected chi connectivity index (χ1v) is 9.17. The molecular formula is C20H24N4O. The molecule has 1 saturated carbocycles. The lowest BCUT2D eigenvalue weighted by molar-refractivity contribution is 0.102. The first-order chi connectivity index (χ1) is 12.3. The number of hydrogen-bond donors (Lipinski definition) is 2. The standard InChI is InChI=1S/C20H24N4O/c25-20(19-11-8-17(14-21-19)22-15-4-5-15)23-16-6-9-18(10-7-16)24-12-2-1-3-13-24/h6-11,14-15,22H,1-5,12-13H2,(H,23,25). The largest absolute Gasteiger partial charge is 0.381 e. The number of pyridine rings is 1. The Labute approximate surface area is 148 Å². The predicted octanol–water partition coefficient (Wildman–Crippen LogP) is 3.90. The first kappa shape index (κ1) is 15.9. The number of carbonyl (C=O) groups is 1. The average Bonchev–Trinajstić information content (AvgIpc) is 3.48. The molecule has 0 spiro atoms. The molecule has 0 bridgehead atoms. The lowest BCUT2D eigenvalue weighted by Crippen LogP contribution is -2.29. The van der Waals surface area contributed by atoms with Gasteiger partial charge in [0.05, 0.1) is 11.9 Å². The molecule has 2 aliphatic rings. The van der Waals surface area contributed by atoms with E-state index in [1.54, 1.807) is 12.3 Å².